The van der Waals surface area contributed by atoms with Gasteiger partial charge in [0.15, 0.2) is 0 Å². The largest absolute Gasteiger partial charge is 0.396 e. The van der Waals surface area contributed by atoms with Crippen molar-refractivity contribution in [3.05, 3.63) is 35.4 Å². The van der Waals surface area contributed by atoms with Gasteiger partial charge >= 0.3 is 0 Å². The van der Waals surface area contributed by atoms with Crippen molar-refractivity contribution in [2.75, 3.05) is 6.61 Å². The van der Waals surface area contributed by atoms with Crippen molar-refractivity contribution in [1.29, 1.82) is 0 Å². The summed E-state index contributed by atoms with van der Waals surface area (Å²) >= 11 is 0. The minimum atomic E-state index is -0.645. The first-order valence-electron chi connectivity index (χ1n) is 8.39. The third-order valence-electron chi connectivity index (χ3n) is 4.27. The van der Waals surface area contributed by atoms with Crippen molar-refractivity contribution in [1.82, 2.24) is 10.6 Å². The lowest BCUT2D eigenvalue weighted by Gasteiger charge is -2.22. The Kier molecular flexibility index (Phi) is 6.96. The van der Waals surface area contributed by atoms with Crippen LogP contribution >= 0.6 is 0 Å². The predicted octanol–water partition coefficient (Wildman–Crippen LogP) is 2.24. The highest BCUT2D eigenvalue weighted by Crippen LogP contribution is 2.22. The molecule has 3 atom stereocenters. The van der Waals surface area contributed by atoms with Gasteiger partial charge in [0.2, 0.25) is 5.91 Å². The van der Waals surface area contributed by atoms with Gasteiger partial charge in [-0.05, 0) is 42.9 Å². The molecular formula is C19H30N2O3. The molecule has 0 aliphatic heterocycles. The van der Waals surface area contributed by atoms with E-state index in [4.69, 9.17) is 5.11 Å². The first-order valence-corrected chi connectivity index (χ1v) is 8.39. The van der Waals surface area contributed by atoms with Crippen LogP contribution in [0.3, 0.4) is 0 Å². The number of carbonyl (C=O) groups excluding carboxylic acids is 2. The molecule has 0 aliphatic carbocycles. The molecule has 0 saturated carbocycles. The van der Waals surface area contributed by atoms with Crippen LogP contribution in [-0.4, -0.2) is 35.6 Å². The zero-order chi connectivity index (χ0) is 18.5. The molecule has 0 saturated heterocycles. The second-order valence-electron chi connectivity index (χ2n) is 7.48. The molecule has 0 spiro atoms. The van der Waals surface area contributed by atoms with Crippen LogP contribution in [0.2, 0.25) is 0 Å². The van der Waals surface area contributed by atoms with Crippen LogP contribution in [0.15, 0.2) is 24.3 Å². The van der Waals surface area contributed by atoms with Gasteiger partial charge in [0.1, 0.15) is 6.04 Å². The number of hydrogen-bond acceptors (Lipinski definition) is 3. The number of amides is 2. The molecule has 0 heterocycles. The summed E-state index contributed by atoms with van der Waals surface area (Å²) in [5.74, 6) is -0.578. The molecule has 3 unspecified atom stereocenters. The fraction of sp³-hybridized carbons (Fsp3) is 0.579. The molecule has 134 valence electrons. The van der Waals surface area contributed by atoms with Gasteiger partial charge in [-0.3, -0.25) is 9.59 Å². The number of aliphatic hydroxyl groups is 1. The summed E-state index contributed by atoms with van der Waals surface area (Å²) in [6.07, 6.45) is 0. The van der Waals surface area contributed by atoms with E-state index >= 15 is 0 Å². The van der Waals surface area contributed by atoms with E-state index < -0.39 is 6.04 Å². The Morgan fingerprint density at radius 2 is 1.58 bits per heavy atom. The van der Waals surface area contributed by atoms with Crippen LogP contribution < -0.4 is 10.6 Å². The van der Waals surface area contributed by atoms with Crippen molar-refractivity contribution in [2.45, 2.75) is 59.0 Å². The topological polar surface area (TPSA) is 78.4 Å². The highest BCUT2D eigenvalue weighted by molar-refractivity contribution is 5.97. The minimum Gasteiger partial charge on any atom is -0.396 e. The van der Waals surface area contributed by atoms with E-state index in [1.807, 2.05) is 26.0 Å². The molecule has 0 aromatic heterocycles. The molecule has 1 rings (SSSR count). The van der Waals surface area contributed by atoms with Crippen molar-refractivity contribution in [3.8, 4) is 0 Å². The molecule has 0 aliphatic rings. The maximum absolute atomic E-state index is 12.3. The fourth-order valence-corrected chi connectivity index (χ4v) is 2.12. The zero-order valence-corrected chi connectivity index (χ0v) is 15.5. The van der Waals surface area contributed by atoms with Crippen LogP contribution in [0.4, 0.5) is 0 Å². The molecule has 3 N–H and O–H groups in total. The average molecular weight is 334 g/mol. The summed E-state index contributed by atoms with van der Waals surface area (Å²) in [7, 11) is 0. The number of hydrogen-bond donors (Lipinski definition) is 3. The van der Waals surface area contributed by atoms with Gasteiger partial charge in [-0.25, -0.2) is 0 Å². The van der Waals surface area contributed by atoms with E-state index in [1.165, 1.54) is 0 Å². The Hall–Kier alpha value is -1.88. The van der Waals surface area contributed by atoms with Crippen LogP contribution in [0.1, 0.15) is 57.5 Å². The quantitative estimate of drug-likeness (QED) is 0.746. The van der Waals surface area contributed by atoms with Gasteiger partial charge < -0.3 is 15.7 Å². The smallest absolute Gasteiger partial charge is 0.251 e. The second-order valence-corrected chi connectivity index (χ2v) is 7.48. The summed E-state index contributed by atoms with van der Waals surface area (Å²) in [6, 6.07) is 6.62. The normalized spacial score (nSPS) is 15.3. The lowest BCUT2D eigenvalue weighted by molar-refractivity contribution is -0.123. The first-order chi connectivity index (χ1) is 11.1. The summed E-state index contributed by atoms with van der Waals surface area (Å²) < 4.78 is 0. The van der Waals surface area contributed by atoms with Gasteiger partial charge in [0, 0.05) is 18.2 Å². The first kappa shape index (κ1) is 20.2. The Bertz CT molecular complexity index is 561. The summed E-state index contributed by atoms with van der Waals surface area (Å²) in [5.41, 5.74) is 1.71. The average Bonchev–Trinajstić information content (AvgIpc) is 2.52. The van der Waals surface area contributed by atoms with Crippen molar-refractivity contribution in [2.24, 2.45) is 5.92 Å². The number of nitrogens with one attached hydrogen (secondary N) is 2. The molecule has 0 fully saturated rings. The summed E-state index contributed by atoms with van der Waals surface area (Å²) in [6.45, 7) is 11.7. The van der Waals surface area contributed by atoms with E-state index in [2.05, 4.69) is 31.4 Å². The molecule has 5 heteroatoms. The number of carbonyl (C=O) groups is 2. The fourth-order valence-electron chi connectivity index (χ4n) is 2.12. The predicted molar refractivity (Wildman–Crippen MR) is 95.9 cm³/mol. The molecule has 0 bridgehead atoms. The molecule has 0 radical (unpaired) electrons. The summed E-state index contributed by atoms with van der Waals surface area (Å²) in [5, 5.41) is 14.6. The van der Waals surface area contributed by atoms with E-state index in [9.17, 15) is 9.59 Å². The van der Waals surface area contributed by atoms with E-state index in [0.29, 0.717) is 5.56 Å². The van der Waals surface area contributed by atoms with E-state index in [0.717, 1.165) is 5.56 Å². The number of rotatable bonds is 6. The number of benzene rings is 1. The molecule has 5 nitrogen and oxygen atoms in total. The molecule has 2 amide bonds. The minimum absolute atomic E-state index is 0.00229. The van der Waals surface area contributed by atoms with Crippen LogP contribution in [0.25, 0.3) is 0 Å². The van der Waals surface area contributed by atoms with Crippen LogP contribution in [0, 0.1) is 5.92 Å². The summed E-state index contributed by atoms with van der Waals surface area (Å²) in [4.78, 5) is 24.4. The van der Waals surface area contributed by atoms with Gasteiger partial charge in [-0.15, -0.1) is 0 Å². The van der Waals surface area contributed by atoms with Crippen molar-refractivity contribution >= 4 is 11.8 Å². The Labute approximate surface area is 144 Å². The lowest BCUT2D eigenvalue weighted by atomic mass is 9.86. The number of aliphatic hydroxyl groups excluding tert-OH is 1. The van der Waals surface area contributed by atoms with Crippen LogP contribution in [-0.2, 0) is 10.2 Å². The molecular weight excluding hydrogens is 304 g/mol. The maximum atomic E-state index is 12.3. The lowest BCUT2D eigenvalue weighted by Crippen LogP contribution is -2.49. The zero-order valence-electron chi connectivity index (χ0n) is 15.5. The monoisotopic (exact) mass is 334 g/mol. The molecule has 24 heavy (non-hydrogen) atoms. The Morgan fingerprint density at radius 1 is 1.04 bits per heavy atom. The standard InChI is InChI=1S/C19H30N2O3/c1-12(11-22)13(2)20-17(23)14(3)21-18(24)15-7-9-16(10-8-15)19(4,5)6/h7-10,12-14,22H,11H2,1-6H3,(H,20,23)(H,21,24). The Balaban J connectivity index is 2.65. The molecule has 1 aromatic rings. The van der Waals surface area contributed by atoms with Gasteiger partial charge in [-0.1, -0.05) is 39.8 Å². The maximum Gasteiger partial charge on any atom is 0.251 e. The Morgan fingerprint density at radius 3 is 2.04 bits per heavy atom. The third-order valence-corrected chi connectivity index (χ3v) is 4.27. The third kappa shape index (κ3) is 5.64. The van der Waals surface area contributed by atoms with Gasteiger partial charge in [0.05, 0.1) is 0 Å². The van der Waals surface area contributed by atoms with Crippen molar-refractivity contribution in [3.63, 3.8) is 0 Å². The van der Waals surface area contributed by atoms with Gasteiger partial charge in [0.25, 0.3) is 5.91 Å². The van der Waals surface area contributed by atoms with Crippen molar-refractivity contribution < 1.29 is 14.7 Å². The van der Waals surface area contributed by atoms with Crippen LogP contribution in [0.5, 0.6) is 0 Å². The highest BCUT2D eigenvalue weighted by atomic mass is 16.3. The SMILES string of the molecule is CC(NC(=O)c1ccc(C(C)(C)C)cc1)C(=O)NC(C)C(C)CO. The van der Waals surface area contributed by atoms with E-state index in [1.54, 1.807) is 19.1 Å². The second kappa shape index (κ2) is 8.29. The van der Waals surface area contributed by atoms with Gasteiger partial charge in [-0.2, -0.15) is 0 Å². The van der Waals surface area contributed by atoms with E-state index in [-0.39, 0.29) is 35.8 Å². The highest BCUT2D eigenvalue weighted by Gasteiger charge is 2.21. The molecule has 1 aromatic carbocycles.